The molecule has 0 saturated carbocycles. The number of hydrogen-bond donors (Lipinski definition) is 3. The van der Waals surface area contributed by atoms with Crippen LogP contribution in [0.3, 0.4) is 0 Å². The Morgan fingerprint density at radius 3 is 2.94 bits per heavy atom. The molecule has 0 spiro atoms. The molecule has 0 radical (unpaired) electrons. The van der Waals surface area contributed by atoms with Crippen molar-refractivity contribution < 1.29 is 5.11 Å². The Labute approximate surface area is 97.0 Å². The third-order valence-corrected chi connectivity index (χ3v) is 2.57. The molecule has 0 saturated heterocycles. The molecule has 0 aromatic heterocycles. The fraction of sp³-hybridized carbons (Fsp3) is 0.385. The number of rotatable bonds is 6. The molecule has 3 heteroatoms. The Morgan fingerprint density at radius 1 is 1.56 bits per heavy atom. The highest BCUT2D eigenvalue weighted by Crippen LogP contribution is 2.20. The summed E-state index contributed by atoms with van der Waals surface area (Å²) >= 11 is 0. The van der Waals surface area contributed by atoms with Gasteiger partial charge in [-0.3, -0.25) is 0 Å². The highest BCUT2D eigenvalue weighted by atomic mass is 16.3. The maximum absolute atomic E-state index is 9.91. The largest absolute Gasteiger partial charge is 0.399 e. The van der Waals surface area contributed by atoms with Crippen LogP contribution in [0.15, 0.2) is 30.9 Å². The molecule has 0 amide bonds. The van der Waals surface area contributed by atoms with Gasteiger partial charge in [0, 0.05) is 12.2 Å². The van der Waals surface area contributed by atoms with Gasteiger partial charge in [0.1, 0.15) is 0 Å². The SMILES string of the molecule is C=CCNCCC(O)c1ccc(C)c(N)c1. The van der Waals surface area contributed by atoms with E-state index < -0.39 is 6.10 Å². The van der Waals surface area contributed by atoms with Crippen LogP contribution in [-0.4, -0.2) is 18.2 Å². The van der Waals surface area contributed by atoms with E-state index >= 15 is 0 Å². The van der Waals surface area contributed by atoms with E-state index in [0.29, 0.717) is 6.42 Å². The first kappa shape index (κ1) is 12.7. The van der Waals surface area contributed by atoms with E-state index in [-0.39, 0.29) is 0 Å². The van der Waals surface area contributed by atoms with E-state index in [1.165, 1.54) is 0 Å². The van der Waals surface area contributed by atoms with Crippen LogP contribution in [0.25, 0.3) is 0 Å². The lowest BCUT2D eigenvalue weighted by Crippen LogP contribution is -2.17. The molecular formula is C13H20N2O. The summed E-state index contributed by atoms with van der Waals surface area (Å²) in [6, 6.07) is 5.70. The van der Waals surface area contributed by atoms with E-state index in [1.807, 2.05) is 25.1 Å². The standard InChI is InChI=1S/C13H20N2O/c1-3-7-15-8-6-13(16)11-5-4-10(2)12(14)9-11/h3-5,9,13,15-16H,1,6-8,14H2,2H3. The molecular weight excluding hydrogens is 200 g/mol. The average Bonchev–Trinajstić information content (AvgIpc) is 2.28. The van der Waals surface area contributed by atoms with Crippen molar-refractivity contribution in [2.75, 3.05) is 18.8 Å². The molecule has 1 aromatic carbocycles. The first-order chi connectivity index (χ1) is 7.65. The van der Waals surface area contributed by atoms with Crippen molar-refractivity contribution >= 4 is 5.69 Å². The smallest absolute Gasteiger partial charge is 0.0802 e. The summed E-state index contributed by atoms with van der Waals surface area (Å²) in [5, 5.41) is 13.1. The van der Waals surface area contributed by atoms with Gasteiger partial charge in [-0.15, -0.1) is 6.58 Å². The van der Waals surface area contributed by atoms with Gasteiger partial charge in [-0.1, -0.05) is 18.2 Å². The normalized spacial score (nSPS) is 12.4. The topological polar surface area (TPSA) is 58.3 Å². The number of aryl methyl sites for hydroxylation is 1. The lowest BCUT2D eigenvalue weighted by atomic mass is 10.0. The van der Waals surface area contributed by atoms with Crippen molar-refractivity contribution in [3.05, 3.63) is 42.0 Å². The van der Waals surface area contributed by atoms with Gasteiger partial charge in [-0.2, -0.15) is 0 Å². The number of benzene rings is 1. The van der Waals surface area contributed by atoms with Gasteiger partial charge < -0.3 is 16.2 Å². The predicted molar refractivity (Wildman–Crippen MR) is 68.2 cm³/mol. The Kier molecular flexibility index (Phi) is 5.02. The summed E-state index contributed by atoms with van der Waals surface area (Å²) in [5.74, 6) is 0. The lowest BCUT2D eigenvalue weighted by Gasteiger charge is -2.12. The molecule has 3 nitrogen and oxygen atoms in total. The first-order valence-corrected chi connectivity index (χ1v) is 5.51. The fourth-order valence-corrected chi connectivity index (χ4v) is 1.48. The summed E-state index contributed by atoms with van der Waals surface area (Å²) in [4.78, 5) is 0. The van der Waals surface area contributed by atoms with Crippen molar-refractivity contribution in [3.63, 3.8) is 0 Å². The van der Waals surface area contributed by atoms with Crippen LogP contribution in [-0.2, 0) is 0 Å². The minimum absolute atomic E-state index is 0.458. The second-order valence-corrected chi connectivity index (χ2v) is 3.91. The Hall–Kier alpha value is -1.32. The number of nitrogens with one attached hydrogen (secondary N) is 1. The average molecular weight is 220 g/mol. The summed E-state index contributed by atoms with van der Waals surface area (Å²) < 4.78 is 0. The molecule has 4 N–H and O–H groups in total. The van der Waals surface area contributed by atoms with Crippen molar-refractivity contribution in [1.82, 2.24) is 5.32 Å². The number of hydrogen-bond acceptors (Lipinski definition) is 3. The molecule has 1 unspecified atom stereocenters. The van der Waals surface area contributed by atoms with Gasteiger partial charge >= 0.3 is 0 Å². The second-order valence-electron chi connectivity index (χ2n) is 3.91. The summed E-state index contributed by atoms with van der Waals surface area (Å²) in [7, 11) is 0. The molecule has 0 aliphatic rings. The summed E-state index contributed by atoms with van der Waals surface area (Å²) in [6.07, 6.45) is 2.02. The van der Waals surface area contributed by atoms with Crippen LogP contribution in [0.5, 0.6) is 0 Å². The molecule has 0 fully saturated rings. The number of aliphatic hydroxyl groups excluding tert-OH is 1. The van der Waals surface area contributed by atoms with Gasteiger partial charge in [-0.05, 0) is 37.1 Å². The van der Waals surface area contributed by atoms with E-state index in [9.17, 15) is 5.11 Å². The number of nitrogens with two attached hydrogens (primary N) is 1. The van der Waals surface area contributed by atoms with Crippen LogP contribution in [0.4, 0.5) is 5.69 Å². The van der Waals surface area contributed by atoms with Crippen molar-refractivity contribution in [2.45, 2.75) is 19.4 Å². The monoisotopic (exact) mass is 220 g/mol. The van der Waals surface area contributed by atoms with Crippen LogP contribution in [0, 0.1) is 6.92 Å². The zero-order valence-corrected chi connectivity index (χ0v) is 9.74. The maximum atomic E-state index is 9.91. The van der Waals surface area contributed by atoms with Crippen LogP contribution in [0.2, 0.25) is 0 Å². The van der Waals surface area contributed by atoms with E-state index in [2.05, 4.69) is 11.9 Å². The molecule has 0 aliphatic heterocycles. The minimum atomic E-state index is -0.458. The Bertz CT molecular complexity index is 350. The maximum Gasteiger partial charge on any atom is 0.0802 e. The second kappa shape index (κ2) is 6.30. The lowest BCUT2D eigenvalue weighted by molar-refractivity contribution is 0.167. The van der Waals surface area contributed by atoms with Gasteiger partial charge in [0.05, 0.1) is 6.10 Å². The predicted octanol–water partition coefficient (Wildman–Crippen LogP) is 1.78. The van der Waals surface area contributed by atoms with E-state index in [1.54, 1.807) is 6.08 Å². The molecule has 0 heterocycles. The van der Waals surface area contributed by atoms with Crippen LogP contribution >= 0.6 is 0 Å². The van der Waals surface area contributed by atoms with Gasteiger partial charge in [0.25, 0.3) is 0 Å². The first-order valence-electron chi connectivity index (χ1n) is 5.51. The fourth-order valence-electron chi connectivity index (χ4n) is 1.48. The Morgan fingerprint density at radius 2 is 2.31 bits per heavy atom. The molecule has 0 aliphatic carbocycles. The van der Waals surface area contributed by atoms with Crippen LogP contribution < -0.4 is 11.1 Å². The highest BCUT2D eigenvalue weighted by molar-refractivity contribution is 5.48. The van der Waals surface area contributed by atoms with Crippen molar-refractivity contribution in [1.29, 1.82) is 0 Å². The van der Waals surface area contributed by atoms with Gasteiger partial charge in [0.15, 0.2) is 0 Å². The molecule has 88 valence electrons. The zero-order chi connectivity index (χ0) is 12.0. The van der Waals surface area contributed by atoms with Crippen molar-refractivity contribution in [2.24, 2.45) is 0 Å². The third kappa shape index (κ3) is 3.68. The van der Waals surface area contributed by atoms with Gasteiger partial charge in [-0.25, -0.2) is 0 Å². The molecule has 1 atom stereocenters. The molecule has 1 aromatic rings. The van der Waals surface area contributed by atoms with Crippen molar-refractivity contribution in [3.8, 4) is 0 Å². The van der Waals surface area contributed by atoms with Crippen LogP contribution in [0.1, 0.15) is 23.7 Å². The van der Waals surface area contributed by atoms with E-state index in [0.717, 1.165) is 29.9 Å². The summed E-state index contributed by atoms with van der Waals surface area (Å²) in [5.41, 5.74) is 8.45. The minimum Gasteiger partial charge on any atom is -0.399 e. The number of anilines is 1. The van der Waals surface area contributed by atoms with E-state index in [4.69, 9.17) is 5.73 Å². The molecule has 0 bridgehead atoms. The number of nitrogen functional groups attached to an aromatic ring is 1. The number of aliphatic hydroxyl groups is 1. The molecule has 1 rings (SSSR count). The molecule has 16 heavy (non-hydrogen) atoms. The Balaban J connectivity index is 2.49. The summed E-state index contributed by atoms with van der Waals surface area (Å²) in [6.45, 7) is 7.10. The zero-order valence-electron chi connectivity index (χ0n) is 9.74. The highest BCUT2D eigenvalue weighted by Gasteiger charge is 2.07. The third-order valence-electron chi connectivity index (χ3n) is 2.57. The quantitative estimate of drug-likeness (QED) is 0.389. The van der Waals surface area contributed by atoms with Gasteiger partial charge in [0.2, 0.25) is 0 Å².